The minimum absolute atomic E-state index is 0.956. The van der Waals surface area contributed by atoms with Gasteiger partial charge >= 0.3 is 0 Å². The molecule has 2 heterocycles. The van der Waals surface area contributed by atoms with Gasteiger partial charge in [-0.05, 0) is 42.8 Å². The van der Waals surface area contributed by atoms with Crippen molar-refractivity contribution in [2.24, 2.45) is 0 Å². The fourth-order valence-corrected chi connectivity index (χ4v) is 3.87. The molecule has 0 amide bonds. The fourth-order valence-electron chi connectivity index (χ4n) is 2.83. The van der Waals surface area contributed by atoms with Crippen molar-refractivity contribution in [2.75, 3.05) is 0 Å². The molecule has 4 rings (SSSR count). The molecule has 0 aliphatic rings. The maximum Gasteiger partial charge on any atom is 0.138 e. The van der Waals surface area contributed by atoms with Crippen LogP contribution in [0.2, 0.25) is 0 Å². The zero-order chi connectivity index (χ0) is 16.4. The number of nitrogens with zero attached hydrogens (tertiary/aromatic N) is 2. The first-order chi connectivity index (χ1) is 11.8. The summed E-state index contributed by atoms with van der Waals surface area (Å²) >= 11 is 1.84. The minimum atomic E-state index is 0.956. The highest BCUT2D eigenvalue weighted by molar-refractivity contribution is 7.98. The minimum Gasteiger partial charge on any atom is -0.293 e. The zero-order valence-electron chi connectivity index (χ0n) is 13.5. The molecule has 0 saturated heterocycles. The van der Waals surface area contributed by atoms with Gasteiger partial charge in [0, 0.05) is 16.8 Å². The van der Waals surface area contributed by atoms with Gasteiger partial charge in [0.25, 0.3) is 0 Å². The molecule has 0 radical (unpaired) electrons. The average molecular weight is 330 g/mol. The SMILES string of the molecule is Cc1ccc(SCc2ccccc2)n1-c1ccc2ccccc2n1. The predicted octanol–water partition coefficient (Wildman–Crippen LogP) is 5.63. The molecule has 24 heavy (non-hydrogen) atoms. The van der Waals surface area contributed by atoms with E-state index in [0.29, 0.717) is 0 Å². The first-order valence-electron chi connectivity index (χ1n) is 8.02. The lowest BCUT2D eigenvalue weighted by atomic mass is 10.2. The molecular weight excluding hydrogens is 312 g/mol. The monoisotopic (exact) mass is 330 g/mol. The lowest BCUT2D eigenvalue weighted by Crippen LogP contribution is -2.01. The third-order valence-electron chi connectivity index (χ3n) is 4.08. The Hall–Kier alpha value is -2.52. The van der Waals surface area contributed by atoms with Gasteiger partial charge in [0.2, 0.25) is 0 Å². The van der Waals surface area contributed by atoms with Crippen LogP contribution < -0.4 is 0 Å². The van der Waals surface area contributed by atoms with Crippen molar-refractivity contribution in [1.82, 2.24) is 9.55 Å². The molecule has 0 N–H and O–H groups in total. The molecule has 0 aliphatic carbocycles. The number of aryl methyl sites for hydroxylation is 1. The predicted molar refractivity (Wildman–Crippen MR) is 102 cm³/mol. The third-order valence-corrected chi connectivity index (χ3v) is 5.17. The molecule has 118 valence electrons. The molecule has 0 atom stereocenters. The van der Waals surface area contributed by atoms with Gasteiger partial charge in [-0.25, -0.2) is 4.98 Å². The Kier molecular flexibility index (Phi) is 4.09. The van der Waals surface area contributed by atoms with E-state index in [1.54, 1.807) is 0 Å². The third kappa shape index (κ3) is 2.95. The highest BCUT2D eigenvalue weighted by atomic mass is 32.2. The van der Waals surface area contributed by atoms with Crippen LogP contribution in [0.1, 0.15) is 11.3 Å². The molecule has 0 unspecified atom stereocenters. The van der Waals surface area contributed by atoms with E-state index in [4.69, 9.17) is 4.98 Å². The van der Waals surface area contributed by atoms with E-state index in [-0.39, 0.29) is 0 Å². The van der Waals surface area contributed by atoms with Crippen LogP contribution in [0.3, 0.4) is 0 Å². The molecule has 2 aromatic carbocycles. The Labute approximate surface area is 146 Å². The van der Waals surface area contributed by atoms with E-state index >= 15 is 0 Å². The van der Waals surface area contributed by atoms with Crippen LogP contribution in [-0.2, 0) is 5.75 Å². The van der Waals surface area contributed by atoms with Crippen LogP contribution in [0, 0.1) is 6.92 Å². The van der Waals surface area contributed by atoms with Crippen LogP contribution in [0.15, 0.2) is 83.9 Å². The molecule has 3 heteroatoms. The molecule has 0 spiro atoms. The first kappa shape index (κ1) is 15.0. The maximum atomic E-state index is 4.84. The van der Waals surface area contributed by atoms with Crippen molar-refractivity contribution in [1.29, 1.82) is 0 Å². The highest BCUT2D eigenvalue weighted by Crippen LogP contribution is 2.28. The summed E-state index contributed by atoms with van der Waals surface area (Å²) in [5.41, 5.74) is 3.56. The van der Waals surface area contributed by atoms with Crippen LogP contribution >= 0.6 is 11.8 Å². The van der Waals surface area contributed by atoms with E-state index in [2.05, 4.69) is 78.2 Å². The highest BCUT2D eigenvalue weighted by Gasteiger charge is 2.10. The number of para-hydroxylation sites is 1. The van der Waals surface area contributed by atoms with Crippen LogP contribution in [0.4, 0.5) is 0 Å². The van der Waals surface area contributed by atoms with E-state index in [0.717, 1.165) is 17.1 Å². The van der Waals surface area contributed by atoms with Gasteiger partial charge in [0.05, 0.1) is 10.5 Å². The normalized spacial score (nSPS) is 11.0. The number of rotatable bonds is 4. The van der Waals surface area contributed by atoms with Gasteiger partial charge in [-0.2, -0.15) is 0 Å². The summed E-state index contributed by atoms with van der Waals surface area (Å²) in [4.78, 5) is 4.84. The quantitative estimate of drug-likeness (QED) is 0.452. The summed E-state index contributed by atoms with van der Waals surface area (Å²) < 4.78 is 2.24. The smallest absolute Gasteiger partial charge is 0.138 e. The molecule has 0 aliphatic heterocycles. The lowest BCUT2D eigenvalue weighted by molar-refractivity contribution is 0.882. The number of pyridine rings is 1. The zero-order valence-corrected chi connectivity index (χ0v) is 14.3. The molecule has 0 bridgehead atoms. The van der Waals surface area contributed by atoms with Crippen molar-refractivity contribution < 1.29 is 0 Å². The Morgan fingerprint density at radius 3 is 2.50 bits per heavy atom. The topological polar surface area (TPSA) is 17.8 Å². The Morgan fingerprint density at radius 1 is 0.833 bits per heavy atom. The van der Waals surface area contributed by atoms with Crippen LogP contribution in [0.5, 0.6) is 0 Å². The standard InChI is InChI=1S/C21H18N2S/c1-16-11-14-21(24-15-17-7-3-2-4-8-17)23(16)20-13-12-18-9-5-6-10-19(18)22-20/h2-14H,15H2,1H3. The number of aromatic nitrogens is 2. The number of thioether (sulfide) groups is 1. The number of fused-ring (bicyclic) bond motifs is 1. The summed E-state index contributed by atoms with van der Waals surface area (Å²) in [7, 11) is 0. The molecule has 2 nitrogen and oxygen atoms in total. The van der Waals surface area contributed by atoms with E-state index < -0.39 is 0 Å². The summed E-state index contributed by atoms with van der Waals surface area (Å²) in [5, 5.41) is 2.39. The summed E-state index contributed by atoms with van der Waals surface area (Å²) in [6, 6.07) is 27.4. The van der Waals surface area contributed by atoms with Crippen LogP contribution in [-0.4, -0.2) is 9.55 Å². The van der Waals surface area contributed by atoms with Crippen molar-refractivity contribution >= 4 is 22.7 Å². The Balaban J connectivity index is 1.68. The fraction of sp³-hybridized carbons (Fsp3) is 0.0952. The Morgan fingerprint density at radius 2 is 1.62 bits per heavy atom. The van der Waals surface area contributed by atoms with Crippen molar-refractivity contribution in [3.8, 4) is 5.82 Å². The average Bonchev–Trinajstić information content (AvgIpc) is 3.01. The summed E-state index contributed by atoms with van der Waals surface area (Å²) in [6.45, 7) is 2.13. The maximum absolute atomic E-state index is 4.84. The second-order valence-electron chi connectivity index (χ2n) is 5.78. The van der Waals surface area contributed by atoms with Gasteiger partial charge in [0.1, 0.15) is 5.82 Å². The van der Waals surface area contributed by atoms with E-state index in [9.17, 15) is 0 Å². The number of hydrogen-bond donors (Lipinski definition) is 0. The Bertz CT molecular complexity index is 973. The first-order valence-corrected chi connectivity index (χ1v) is 9.01. The molecule has 0 fully saturated rings. The summed E-state index contributed by atoms with van der Waals surface area (Å²) in [6.07, 6.45) is 0. The molecule has 4 aromatic rings. The number of hydrogen-bond acceptors (Lipinski definition) is 2. The van der Waals surface area contributed by atoms with Crippen LogP contribution in [0.25, 0.3) is 16.7 Å². The van der Waals surface area contributed by atoms with Crippen molar-refractivity contribution in [3.05, 3.63) is 90.1 Å². The molecule has 0 saturated carbocycles. The number of benzene rings is 2. The van der Waals surface area contributed by atoms with Gasteiger partial charge in [0.15, 0.2) is 0 Å². The molecular formula is C21H18N2S. The molecule has 2 aromatic heterocycles. The van der Waals surface area contributed by atoms with E-state index in [1.165, 1.54) is 21.7 Å². The van der Waals surface area contributed by atoms with Gasteiger partial charge in [-0.15, -0.1) is 11.8 Å². The summed E-state index contributed by atoms with van der Waals surface area (Å²) in [5.74, 6) is 1.93. The largest absolute Gasteiger partial charge is 0.293 e. The van der Waals surface area contributed by atoms with Crippen molar-refractivity contribution in [3.63, 3.8) is 0 Å². The van der Waals surface area contributed by atoms with Gasteiger partial charge < -0.3 is 0 Å². The van der Waals surface area contributed by atoms with Crippen molar-refractivity contribution in [2.45, 2.75) is 17.7 Å². The second-order valence-corrected chi connectivity index (χ2v) is 6.78. The lowest BCUT2D eigenvalue weighted by Gasteiger charge is -2.11. The van der Waals surface area contributed by atoms with Gasteiger partial charge in [-0.3, -0.25) is 4.57 Å². The van der Waals surface area contributed by atoms with Gasteiger partial charge in [-0.1, -0.05) is 48.5 Å². The van der Waals surface area contributed by atoms with E-state index in [1.807, 2.05) is 23.9 Å². The second kappa shape index (κ2) is 6.54.